The third-order valence-electron chi connectivity index (χ3n) is 2.81. The minimum atomic E-state index is -0.0631. The summed E-state index contributed by atoms with van der Waals surface area (Å²) in [5.41, 5.74) is 9.24. The fourth-order valence-corrected chi connectivity index (χ4v) is 1.67. The van der Waals surface area contributed by atoms with Gasteiger partial charge in [-0.1, -0.05) is 12.1 Å². The van der Waals surface area contributed by atoms with Crippen molar-refractivity contribution in [1.29, 1.82) is 0 Å². The van der Waals surface area contributed by atoms with Crippen molar-refractivity contribution in [3.05, 3.63) is 51.7 Å². The molecule has 0 saturated carbocycles. The topological polar surface area (TPSA) is 63.8 Å². The molecule has 0 spiro atoms. The SMILES string of the molecule is Cc1[nH]c(=O)n(Cc2ccc(N)cc2)c1C. The van der Waals surface area contributed by atoms with Crippen molar-refractivity contribution in [1.82, 2.24) is 9.55 Å². The largest absolute Gasteiger partial charge is 0.399 e. The summed E-state index contributed by atoms with van der Waals surface area (Å²) in [7, 11) is 0. The maximum Gasteiger partial charge on any atom is 0.326 e. The number of rotatable bonds is 2. The molecule has 0 saturated heterocycles. The monoisotopic (exact) mass is 217 g/mol. The van der Waals surface area contributed by atoms with Crippen LogP contribution in [0.2, 0.25) is 0 Å². The normalized spacial score (nSPS) is 10.6. The van der Waals surface area contributed by atoms with Gasteiger partial charge >= 0.3 is 5.69 Å². The number of aromatic nitrogens is 2. The quantitative estimate of drug-likeness (QED) is 0.747. The standard InChI is InChI=1S/C12H15N3O/c1-8-9(2)15(12(16)14-8)7-10-3-5-11(13)6-4-10/h3-6H,7,13H2,1-2H3,(H,14,16). The maximum atomic E-state index is 11.6. The Bertz CT molecular complexity index is 549. The average molecular weight is 217 g/mol. The van der Waals surface area contributed by atoms with Crippen molar-refractivity contribution in [2.24, 2.45) is 0 Å². The molecule has 16 heavy (non-hydrogen) atoms. The second kappa shape index (κ2) is 3.89. The van der Waals surface area contributed by atoms with Gasteiger partial charge in [0.15, 0.2) is 0 Å². The van der Waals surface area contributed by atoms with E-state index >= 15 is 0 Å². The highest BCUT2D eigenvalue weighted by atomic mass is 16.1. The zero-order chi connectivity index (χ0) is 11.7. The number of nitrogens with one attached hydrogen (secondary N) is 1. The Morgan fingerprint density at radius 1 is 1.25 bits per heavy atom. The van der Waals surface area contributed by atoms with Gasteiger partial charge in [-0.15, -0.1) is 0 Å². The molecule has 3 N–H and O–H groups in total. The predicted octanol–water partition coefficient (Wildman–Crippen LogP) is 1.42. The Morgan fingerprint density at radius 3 is 2.38 bits per heavy atom. The van der Waals surface area contributed by atoms with Crippen LogP contribution in [0.15, 0.2) is 29.1 Å². The van der Waals surface area contributed by atoms with E-state index in [2.05, 4.69) is 4.98 Å². The lowest BCUT2D eigenvalue weighted by molar-refractivity contribution is 0.737. The lowest BCUT2D eigenvalue weighted by atomic mass is 10.2. The summed E-state index contributed by atoms with van der Waals surface area (Å²) < 4.78 is 1.72. The fraction of sp³-hybridized carbons (Fsp3) is 0.250. The first-order valence-electron chi connectivity index (χ1n) is 5.18. The smallest absolute Gasteiger partial charge is 0.326 e. The summed E-state index contributed by atoms with van der Waals surface area (Å²) in [6, 6.07) is 7.55. The van der Waals surface area contributed by atoms with Crippen LogP contribution in [0, 0.1) is 13.8 Å². The van der Waals surface area contributed by atoms with Gasteiger partial charge in [-0.3, -0.25) is 4.57 Å². The lowest BCUT2D eigenvalue weighted by Crippen LogP contribution is -2.18. The number of anilines is 1. The van der Waals surface area contributed by atoms with Crippen LogP contribution in [0.1, 0.15) is 17.0 Å². The number of nitrogens with zero attached hydrogens (tertiary/aromatic N) is 1. The first-order valence-corrected chi connectivity index (χ1v) is 5.18. The second-order valence-electron chi connectivity index (χ2n) is 3.97. The van der Waals surface area contributed by atoms with E-state index < -0.39 is 0 Å². The first kappa shape index (κ1) is 10.5. The van der Waals surface area contributed by atoms with E-state index in [9.17, 15) is 4.79 Å². The Labute approximate surface area is 93.7 Å². The minimum absolute atomic E-state index is 0.0631. The number of nitrogen functional groups attached to an aromatic ring is 1. The summed E-state index contributed by atoms with van der Waals surface area (Å²) in [6.45, 7) is 4.41. The number of hydrogen-bond acceptors (Lipinski definition) is 2. The van der Waals surface area contributed by atoms with Gasteiger partial charge in [0.25, 0.3) is 0 Å². The highest BCUT2D eigenvalue weighted by Crippen LogP contribution is 2.08. The molecule has 2 aromatic rings. The Kier molecular flexibility index (Phi) is 2.56. The molecule has 0 aliphatic carbocycles. The van der Waals surface area contributed by atoms with E-state index in [4.69, 9.17) is 5.73 Å². The zero-order valence-electron chi connectivity index (χ0n) is 9.45. The molecule has 0 atom stereocenters. The minimum Gasteiger partial charge on any atom is -0.399 e. The molecule has 0 radical (unpaired) electrons. The molecule has 1 aromatic heterocycles. The van der Waals surface area contributed by atoms with Crippen LogP contribution < -0.4 is 11.4 Å². The van der Waals surface area contributed by atoms with E-state index in [1.54, 1.807) is 4.57 Å². The highest BCUT2D eigenvalue weighted by molar-refractivity contribution is 5.39. The molecule has 0 unspecified atom stereocenters. The summed E-state index contributed by atoms with van der Waals surface area (Å²) in [5, 5.41) is 0. The van der Waals surface area contributed by atoms with E-state index in [0.717, 1.165) is 22.6 Å². The molecular formula is C12H15N3O. The predicted molar refractivity (Wildman–Crippen MR) is 64.5 cm³/mol. The number of imidazole rings is 1. The highest BCUT2D eigenvalue weighted by Gasteiger charge is 2.06. The van der Waals surface area contributed by atoms with Gasteiger partial charge in [0.05, 0.1) is 6.54 Å². The molecule has 4 nitrogen and oxygen atoms in total. The molecule has 2 rings (SSSR count). The average Bonchev–Trinajstić information content (AvgIpc) is 2.48. The summed E-state index contributed by atoms with van der Waals surface area (Å²) in [4.78, 5) is 14.4. The van der Waals surface area contributed by atoms with Gasteiger partial charge in [0.2, 0.25) is 0 Å². The third kappa shape index (κ3) is 1.86. The number of aromatic amines is 1. The van der Waals surface area contributed by atoms with Gasteiger partial charge in [-0.25, -0.2) is 4.79 Å². The molecule has 1 heterocycles. The van der Waals surface area contributed by atoms with Crippen LogP contribution >= 0.6 is 0 Å². The van der Waals surface area contributed by atoms with Crippen LogP contribution in [0.4, 0.5) is 5.69 Å². The van der Waals surface area contributed by atoms with Crippen LogP contribution in [0.5, 0.6) is 0 Å². The van der Waals surface area contributed by atoms with Crippen LogP contribution in [0.25, 0.3) is 0 Å². The van der Waals surface area contributed by atoms with Crippen LogP contribution in [-0.4, -0.2) is 9.55 Å². The molecule has 0 bridgehead atoms. The first-order chi connectivity index (χ1) is 7.58. The van der Waals surface area contributed by atoms with Gasteiger partial charge in [-0.2, -0.15) is 0 Å². The Balaban J connectivity index is 2.34. The zero-order valence-corrected chi connectivity index (χ0v) is 9.45. The maximum absolute atomic E-state index is 11.6. The molecule has 84 valence electrons. The Morgan fingerprint density at radius 2 is 1.88 bits per heavy atom. The number of hydrogen-bond donors (Lipinski definition) is 2. The van der Waals surface area contributed by atoms with Crippen LogP contribution in [0.3, 0.4) is 0 Å². The van der Waals surface area contributed by atoms with Crippen molar-refractivity contribution in [2.75, 3.05) is 5.73 Å². The fourth-order valence-electron chi connectivity index (χ4n) is 1.67. The molecule has 0 aliphatic rings. The molecular weight excluding hydrogens is 202 g/mol. The second-order valence-corrected chi connectivity index (χ2v) is 3.97. The summed E-state index contributed by atoms with van der Waals surface area (Å²) in [5.74, 6) is 0. The van der Waals surface area contributed by atoms with Gasteiger partial charge in [-0.05, 0) is 31.5 Å². The molecule has 0 fully saturated rings. The lowest BCUT2D eigenvalue weighted by Gasteiger charge is -2.05. The van der Waals surface area contributed by atoms with Crippen molar-refractivity contribution in [3.63, 3.8) is 0 Å². The summed E-state index contributed by atoms with van der Waals surface area (Å²) >= 11 is 0. The van der Waals surface area contributed by atoms with Crippen LogP contribution in [-0.2, 0) is 6.54 Å². The third-order valence-corrected chi connectivity index (χ3v) is 2.81. The van der Waals surface area contributed by atoms with E-state index in [1.807, 2.05) is 38.1 Å². The molecule has 4 heteroatoms. The molecule has 0 amide bonds. The van der Waals surface area contributed by atoms with Gasteiger partial charge < -0.3 is 10.7 Å². The number of H-pyrrole nitrogens is 1. The van der Waals surface area contributed by atoms with Crippen molar-refractivity contribution in [2.45, 2.75) is 20.4 Å². The van der Waals surface area contributed by atoms with Crippen molar-refractivity contribution >= 4 is 5.69 Å². The number of benzene rings is 1. The molecule has 0 aliphatic heterocycles. The van der Waals surface area contributed by atoms with Crippen molar-refractivity contribution in [3.8, 4) is 0 Å². The van der Waals surface area contributed by atoms with E-state index in [1.165, 1.54) is 0 Å². The van der Waals surface area contributed by atoms with Gasteiger partial charge in [0.1, 0.15) is 0 Å². The van der Waals surface area contributed by atoms with Crippen molar-refractivity contribution < 1.29 is 0 Å². The Hall–Kier alpha value is -1.97. The number of nitrogens with two attached hydrogens (primary N) is 1. The van der Waals surface area contributed by atoms with E-state index in [-0.39, 0.29) is 5.69 Å². The van der Waals surface area contributed by atoms with E-state index in [0.29, 0.717) is 6.54 Å². The number of aryl methyl sites for hydroxylation is 1. The molecule has 1 aromatic carbocycles. The van der Waals surface area contributed by atoms with Gasteiger partial charge in [0, 0.05) is 17.1 Å². The summed E-state index contributed by atoms with van der Waals surface area (Å²) in [6.07, 6.45) is 0.